The molecule has 1 unspecified atom stereocenters. The third-order valence-electron chi connectivity index (χ3n) is 9.48. The van der Waals surface area contributed by atoms with Gasteiger partial charge in [-0.15, -0.1) is 0 Å². The molecule has 274 valence electrons. The highest BCUT2D eigenvalue weighted by molar-refractivity contribution is 7.99. The SMILES string of the molecule is CC(C)N1C(=O)N(Cc2ncnc(OCc3ccccc3)c2OCc2ccccc2)CC1c1ccc(C#Cc2ccc(C(=O)N3CCSCC3)cc2)cc1. The molecule has 0 N–H and O–H groups in total. The lowest BCUT2D eigenvalue weighted by Crippen LogP contribution is -2.37. The smallest absolute Gasteiger partial charge is 0.321 e. The number of hydrogen-bond donors (Lipinski definition) is 0. The maximum absolute atomic E-state index is 14.0. The second kappa shape index (κ2) is 17.4. The molecule has 1 atom stereocenters. The fourth-order valence-corrected chi connectivity index (χ4v) is 7.52. The van der Waals surface area contributed by atoms with Gasteiger partial charge in [-0.05, 0) is 66.9 Å². The first-order chi connectivity index (χ1) is 26.4. The molecule has 0 bridgehead atoms. The van der Waals surface area contributed by atoms with E-state index in [1.165, 1.54) is 6.33 Å². The van der Waals surface area contributed by atoms with Gasteiger partial charge in [0.25, 0.3) is 11.8 Å². The van der Waals surface area contributed by atoms with Crippen molar-refractivity contribution < 1.29 is 19.1 Å². The number of aromatic nitrogens is 2. The van der Waals surface area contributed by atoms with Crippen LogP contribution in [0, 0.1) is 11.8 Å². The molecule has 0 aliphatic carbocycles. The van der Waals surface area contributed by atoms with E-state index >= 15 is 0 Å². The number of carbonyl (C=O) groups excluding carboxylic acids is 2. The van der Waals surface area contributed by atoms with Gasteiger partial charge in [0, 0.05) is 53.9 Å². The van der Waals surface area contributed by atoms with Crippen LogP contribution in [0.4, 0.5) is 4.79 Å². The van der Waals surface area contributed by atoms with Crippen molar-refractivity contribution in [2.75, 3.05) is 31.1 Å². The summed E-state index contributed by atoms with van der Waals surface area (Å²) in [6.07, 6.45) is 1.46. The van der Waals surface area contributed by atoms with Crippen LogP contribution in [-0.4, -0.2) is 73.8 Å². The molecule has 2 aliphatic heterocycles. The molecule has 9 nitrogen and oxygen atoms in total. The number of thioether (sulfide) groups is 1. The van der Waals surface area contributed by atoms with Gasteiger partial charge in [-0.1, -0.05) is 84.6 Å². The predicted octanol–water partition coefficient (Wildman–Crippen LogP) is 7.61. The fourth-order valence-electron chi connectivity index (χ4n) is 6.62. The molecule has 7 rings (SSSR count). The van der Waals surface area contributed by atoms with E-state index in [4.69, 9.17) is 9.47 Å². The van der Waals surface area contributed by atoms with Crippen LogP contribution in [0.25, 0.3) is 0 Å². The van der Waals surface area contributed by atoms with E-state index in [1.807, 2.05) is 150 Å². The first-order valence-corrected chi connectivity index (χ1v) is 19.4. The normalized spacial score (nSPS) is 15.6. The van der Waals surface area contributed by atoms with Crippen LogP contribution in [0.2, 0.25) is 0 Å². The van der Waals surface area contributed by atoms with Crippen LogP contribution >= 0.6 is 11.8 Å². The Hall–Kier alpha value is -5.79. The summed E-state index contributed by atoms with van der Waals surface area (Å²) in [6, 6.07) is 35.1. The molecule has 2 fully saturated rings. The van der Waals surface area contributed by atoms with Crippen molar-refractivity contribution in [2.45, 2.75) is 45.7 Å². The molecule has 0 saturated carbocycles. The first kappa shape index (κ1) is 36.6. The van der Waals surface area contributed by atoms with E-state index in [0.29, 0.717) is 42.6 Å². The monoisotopic (exact) mass is 737 g/mol. The molecule has 5 aromatic rings. The lowest BCUT2D eigenvalue weighted by atomic mass is 10.0. The molecule has 3 amide bonds. The highest BCUT2D eigenvalue weighted by atomic mass is 32.2. The van der Waals surface area contributed by atoms with Gasteiger partial charge in [0.15, 0.2) is 0 Å². The second-order valence-electron chi connectivity index (χ2n) is 13.5. The minimum absolute atomic E-state index is 0.0282. The Labute approximate surface area is 321 Å². The van der Waals surface area contributed by atoms with Crippen molar-refractivity contribution >= 4 is 23.7 Å². The van der Waals surface area contributed by atoms with Gasteiger partial charge < -0.3 is 24.2 Å². The number of ether oxygens (including phenoxy) is 2. The van der Waals surface area contributed by atoms with Gasteiger partial charge in [0.2, 0.25) is 5.75 Å². The molecule has 0 spiro atoms. The number of benzene rings is 4. The molecular weight excluding hydrogens is 695 g/mol. The summed E-state index contributed by atoms with van der Waals surface area (Å²) in [4.78, 5) is 41.5. The Morgan fingerprint density at radius 3 is 2.00 bits per heavy atom. The topological polar surface area (TPSA) is 88.1 Å². The Bertz CT molecular complexity index is 2100. The first-order valence-electron chi connectivity index (χ1n) is 18.3. The van der Waals surface area contributed by atoms with E-state index in [9.17, 15) is 9.59 Å². The third kappa shape index (κ3) is 8.87. The Morgan fingerprint density at radius 2 is 1.39 bits per heavy atom. The third-order valence-corrected chi connectivity index (χ3v) is 10.4. The Morgan fingerprint density at radius 1 is 0.796 bits per heavy atom. The summed E-state index contributed by atoms with van der Waals surface area (Å²) in [5.74, 6) is 9.29. The predicted molar refractivity (Wildman–Crippen MR) is 211 cm³/mol. The molecule has 2 saturated heterocycles. The summed E-state index contributed by atoms with van der Waals surface area (Å²) in [5.41, 5.74) is 6.01. The number of hydrogen-bond acceptors (Lipinski definition) is 7. The minimum Gasteiger partial charge on any atom is -0.482 e. The zero-order chi connectivity index (χ0) is 37.3. The molecule has 2 aliphatic rings. The minimum atomic E-state index is -0.160. The molecule has 10 heteroatoms. The maximum atomic E-state index is 14.0. The van der Waals surface area contributed by atoms with Gasteiger partial charge in [0.1, 0.15) is 25.2 Å². The lowest BCUT2D eigenvalue weighted by molar-refractivity contribution is 0.0772. The van der Waals surface area contributed by atoms with Crippen LogP contribution in [0.5, 0.6) is 11.6 Å². The molecular formula is C44H43N5O4S. The van der Waals surface area contributed by atoms with Crippen molar-refractivity contribution in [2.24, 2.45) is 0 Å². The van der Waals surface area contributed by atoms with Gasteiger partial charge in [0.05, 0.1) is 12.6 Å². The number of nitrogens with zero attached hydrogens (tertiary/aromatic N) is 5. The lowest BCUT2D eigenvalue weighted by Gasteiger charge is -2.27. The molecule has 54 heavy (non-hydrogen) atoms. The summed E-state index contributed by atoms with van der Waals surface area (Å²) in [7, 11) is 0. The van der Waals surface area contributed by atoms with E-state index in [1.54, 1.807) is 0 Å². The molecule has 4 aromatic carbocycles. The quantitative estimate of drug-likeness (QED) is 0.129. The van der Waals surface area contributed by atoms with Crippen LogP contribution < -0.4 is 9.47 Å². The van der Waals surface area contributed by atoms with Crippen molar-refractivity contribution in [3.63, 3.8) is 0 Å². The fraction of sp³-hybridized carbons (Fsp3) is 0.273. The average molecular weight is 738 g/mol. The largest absolute Gasteiger partial charge is 0.482 e. The van der Waals surface area contributed by atoms with Crippen LogP contribution in [-0.2, 0) is 19.8 Å². The highest BCUT2D eigenvalue weighted by Gasteiger charge is 2.40. The zero-order valence-electron chi connectivity index (χ0n) is 30.6. The summed E-state index contributed by atoms with van der Waals surface area (Å²) in [5, 5.41) is 0. The number of carbonyl (C=O) groups is 2. The number of amides is 3. The number of rotatable bonds is 11. The van der Waals surface area contributed by atoms with Gasteiger partial charge in [-0.25, -0.2) is 9.78 Å². The van der Waals surface area contributed by atoms with Gasteiger partial charge >= 0.3 is 6.03 Å². The van der Waals surface area contributed by atoms with E-state index in [-0.39, 0.29) is 30.6 Å². The molecule has 3 heterocycles. The zero-order valence-corrected chi connectivity index (χ0v) is 31.4. The Kier molecular flexibility index (Phi) is 11.8. The van der Waals surface area contributed by atoms with Crippen LogP contribution in [0.15, 0.2) is 116 Å². The number of urea groups is 1. The van der Waals surface area contributed by atoms with E-state index < -0.39 is 0 Å². The van der Waals surface area contributed by atoms with Gasteiger partial charge in [-0.2, -0.15) is 16.7 Å². The summed E-state index contributed by atoms with van der Waals surface area (Å²) < 4.78 is 12.5. The van der Waals surface area contributed by atoms with Crippen molar-refractivity contribution in [1.82, 2.24) is 24.7 Å². The van der Waals surface area contributed by atoms with Crippen LogP contribution in [0.1, 0.15) is 63.8 Å². The second-order valence-corrected chi connectivity index (χ2v) is 14.8. The van der Waals surface area contributed by atoms with E-state index in [0.717, 1.165) is 52.4 Å². The van der Waals surface area contributed by atoms with Crippen LogP contribution in [0.3, 0.4) is 0 Å². The maximum Gasteiger partial charge on any atom is 0.321 e. The van der Waals surface area contributed by atoms with Crippen molar-refractivity contribution in [3.05, 3.63) is 155 Å². The highest BCUT2D eigenvalue weighted by Crippen LogP contribution is 2.35. The Balaban J connectivity index is 1.06. The van der Waals surface area contributed by atoms with Crippen molar-refractivity contribution in [1.29, 1.82) is 0 Å². The average Bonchev–Trinajstić information content (AvgIpc) is 3.55. The summed E-state index contributed by atoms with van der Waals surface area (Å²) in [6.45, 7) is 6.99. The summed E-state index contributed by atoms with van der Waals surface area (Å²) >= 11 is 1.89. The molecule has 0 radical (unpaired) electrons. The molecule has 1 aromatic heterocycles. The standard InChI is InChI=1S/C44H43N5O4S/c1-32(2)49-40(37-19-15-33(16-20-37)13-14-34-17-21-38(22-18-34)43(50)47-23-25-54-26-24-47)28-48(44(49)51)27-39-41(52-29-35-9-5-3-6-10-35)42(46-31-45-39)53-30-36-11-7-4-8-12-36/h3-12,15-22,31-32,40H,23-30H2,1-2H3. The van der Waals surface area contributed by atoms with Gasteiger partial charge in [-0.3, -0.25) is 4.79 Å². The van der Waals surface area contributed by atoms with E-state index in [2.05, 4.69) is 21.8 Å². The van der Waals surface area contributed by atoms with Crippen molar-refractivity contribution in [3.8, 4) is 23.5 Å².